The van der Waals surface area contributed by atoms with Gasteiger partial charge in [0.2, 0.25) is 0 Å². The quantitative estimate of drug-likeness (QED) is 0.268. The Bertz CT molecular complexity index is 1520. The van der Waals surface area contributed by atoms with E-state index in [0.29, 0.717) is 16.9 Å². The van der Waals surface area contributed by atoms with Gasteiger partial charge in [-0.15, -0.1) is 0 Å². The smallest absolute Gasteiger partial charge is 0.291 e. The molecule has 180 valence electrons. The molecule has 2 aromatic carbocycles. The number of carbonyl (C=O) groups is 3. The highest BCUT2D eigenvalue weighted by molar-refractivity contribution is 6.18. The molecule has 1 N–H and O–H groups in total. The molecule has 0 saturated heterocycles. The lowest BCUT2D eigenvalue weighted by atomic mass is 9.91. The third-order valence-corrected chi connectivity index (χ3v) is 6.25. The number of Topliss-reactive ketones (excluding diaryl/α,β-unsaturated/α-hetero) is 2. The van der Waals surface area contributed by atoms with Gasteiger partial charge in [-0.2, -0.15) is 5.26 Å². The van der Waals surface area contributed by atoms with E-state index < -0.39 is 23.4 Å². The summed E-state index contributed by atoms with van der Waals surface area (Å²) in [6.45, 7) is 7.74. The highest BCUT2D eigenvalue weighted by Crippen LogP contribution is 2.26. The van der Waals surface area contributed by atoms with Gasteiger partial charge in [0.25, 0.3) is 5.91 Å². The second-order valence-electron chi connectivity index (χ2n) is 8.69. The molecule has 0 spiro atoms. The predicted molar refractivity (Wildman–Crippen MR) is 136 cm³/mol. The summed E-state index contributed by atoms with van der Waals surface area (Å²) in [5, 5.41) is 12.4. The maximum Gasteiger partial charge on any atom is 0.291 e. The predicted octanol–water partition coefficient (Wildman–Crippen LogP) is 5.76. The van der Waals surface area contributed by atoms with E-state index in [9.17, 15) is 19.6 Å². The number of nitrogens with zero attached hydrogens (tertiary/aromatic N) is 2. The molecule has 4 aromatic rings. The van der Waals surface area contributed by atoms with Crippen LogP contribution in [0.2, 0.25) is 0 Å². The molecule has 0 saturated carbocycles. The van der Waals surface area contributed by atoms with E-state index in [4.69, 9.17) is 4.42 Å². The monoisotopic (exact) mass is 479 g/mol. The molecular weight excluding hydrogens is 454 g/mol. The molecule has 0 fully saturated rings. The fraction of sp³-hybridized carbons (Fsp3) is 0.172. The van der Waals surface area contributed by atoms with Gasteiger partial charge in [-0.3, -0.25) is 14.4 Å². The minimum absolute atomic E-state index is 0.121. The van der Waals surface area contributed by atoms with Gasteiger partial charge >= 0.3 is 0 Å². The lowest BCUT2D eigenvalue weighted by molar-refractivity contribution is 0.0844. The summed E-state index contributed by atoms with van der Waals surface area (Å²) in [4.78, 5) is 38.9. The number of benzene rings is 2. The maximum atomic E-state index is 13.4. The van der Waals surface area contributed by atoms with Gasteiger partial charge in [0.1, 0.15) is 0 Å². The van der Waals surface area contributed by atoms with Crippen molar-refractivity contribution in [2.24, 2.45) is 5.92 Å². The van der Waals surface area contributed by atoms with Crippen molar-refractivity contribution in [3.63, 3.8) is 0 Å². The minimum Gasteiger partial charge on any atom is -0.459 e. The molecule has 0 radical (unpaired) electrons. The first-order chi connectivity index (χ1) is 17.2. The Hall–Kier alpha value is -4.70. The number of hydrogen-bond acceptors (Lipinski definition) is 5. The van der Waals surface area contributed by atoms with Crippen LogP contribution in [0.25, 0.3) is 5.69 Å². The summed E-state index contributed by atoms with van der Waals surface area (Å²) in [6.07, 6.45) is 1.38. The van der Waals surface area contributed by atoms with Crippen LogP contribution >= 0.6 is 0 Å². The van der Waals surface area contributed by atoms with Crippen molar-refractivity contribution in [3.8, 4) is 11.8 Å². The molecule has 0 aliphatic carbocycles. The Morgan fingerprint density at radius 3 is 2.36 bits per heavy atom. The molecule has 1 atom stereocenters. The molecule has 0 unspecified atom stereocenters. The van der Waals surface area contributed by atoms with E-state index in [1.165, 1.54) is 24.5 Å². The maximum absolute atomic E-state index is 13.4. The van der Waals surface area contributed by atoms with Crippen molar-refractivity contribution in [2.75, 3.05) is 5.32 Å². The van der Waals surface area contributed by atoms with E-state index in [-0.39, 0.29) is 11.3 Å². The van der Waals surface area contributed by atoms with Gasteiger partial charge in [-0.25, -0.2) is 0 Å². The van der Waals surface area contributed by atoms with Crippen molar-refractivity contribution in [3.05, 3.63) is 106 Å². The fourth-order valence-electron chi connectivity index (χ4n) is 4.18. The number of carbonyl (C=O) groups excluding carboxylic acids is 3. The summed E-state index contributed by atoms with van der Waals surface area (Å²) in [6, 6.07) is 18.9. The highest BCUT2D eigenvalue weighted by atomic mass is 16.3. The summed E-state index contributed by atoms with van der Waals surface area (Å²) in [5.41, 5.74) is 5.50. The number of aromatic nitrogens is 1. The summed E-state index contributed by atoms with van der Waals surface area (Å²) in [5.74, 6) is -3.06. The first-order valence-electron chi connectivity index (χ1n) is 11.4. The van der Waals surface area contributed by atoms with Gasteiger partial charge in [-0.05, 0) is 81.3 Å². The van der Waals surface area contributed by atoms with Crippen LogP contribution in [0.4, 0.5) is 5.69 Å². The largest absolute Gasteiger partial charge is 0.459 e. The number of ketones is 2. The van der Waals surface area contributed by atoms with Crippen molar-refractivity contribution in [2.45, 2.75) is 27.7 Å². The number of aryl methyl sites for hydroxylation is 3. The minimum atomic E-state index is -1.52. The second-order valence-corrected chi connectivity index (χ2v) is 8.69. The molecule has 0 bridgehead atoms. The van der Waals surface area contributed by atoms with Crippen molar-refractivity contribution < 1.29 is 18.8 Å². The second kappa shape index (κ2) is 9.88. The Labute approximate surface area is 209 Å². The molecule has 7 heteroatoms. The number of furan rings is 1. The van der Waals surface area contributed by atoms with E-state index in [1.54, 1.807) is 31.2 Å². The van der Waals surface area contributed by atoms with E-state index in [0.717, 1.165) is 22.5 Å². The van der Waals surface area contributed by atoms with Crippen molar-refractivity contribution in [1.82, 2.24) is 4.57 Å². The lowest BCUT2D eigenvalue weighted by Crippen LogP contribution is -2.23. The van der Waals surface area contributed by atoms with Crippen LogP contribution in [-0.4, -0.2) is 22.0 Å². The van der Waals surface area contributed by atoms with E-state index in [1.807, 2.05) is 49.6 Å². The van der Waals surface area contributed by atoms with Crippen LogP contribution in [0.5, 0.6) is 0 Å². The van der Waals surface area contributed by atoms with Gasteiger partial charge in [-0.1, -0.05) is 18.2 Å². The molecule has 36 heavy (non-hydrogen) atoms. The Morgan fingerprint density at radius 2 is 1.69 bits per heavy atom. The summed E-state index contributed by atoms with van der Waals surface area (Å²) < 4.78 is 7.03. The van der Waals surface area contributed by atoms with Crippen LogP contribution < -0.4 is 5.32 Å². The third-order valence-electron chi connectivity index (χ3n) is 6.25. The molecule has 0 aliphatic heterocycles. The average molecular weight is 480 g/mol. The zero-order chi connectivity index (χ0) is 26.0. The number of rotatable bonds is 7. The molecule has 0 aliphatic rings. The normalized spacial score (nSPS) is 11.5. The van der Waals surface area contributed by atoms with E-state index >= 15 is 0 Å². The lowest BCUT2D eigenvalue weighted by Gasteiger charge is -2.13. The Kier molecular flexibility index (Phi) is 6.71. The Morgan fingerprint density at radius 1 is 0.917 bits per heavy atom. The number of anilines is 1. The Balaban J connectivity index is 1.61. The molecule has 4 rings (SSSR count). The van der Waals surface area contributed by atoms with Crippen LogP contribution in [-0.2, 0) is 0 Å². The summed E-state index contributed by atoms with van der Waals surface area (Å²) in [7, 11) is 0. The van der Waals surface area contributed by atoms with Crippen LogP contribution in [0, 0.1) is 44.9 Å². The van der Waals surface area contributed by atoms with Crippen LogP contribution in [0.3, 0.4) is 0 Å². The molecule has 1 amide bonds. The fourth-order valence-corrected chi connectivity index (χ4v) is 4.18. The molecular formula is C29H25N3O4. The highest BCUT2D eigenvalue weighted by Gasteiger charge is 2.31. The molecule has 2 heterocycles. The first kappa shape index (κ1) is 24.4. The standard InChI is InChI=1S/C29H25N3O4/c1-17-10-11-23(13-18(17)2)32-19(3)14-24(20(32)4)28(34)25(16-30)27(33)21-7-5-8-22(15-21)31-29(35)26-9-6-12-36-26/h5-15,25H,1-4H3,(H,31,35)/t25-/m0/s1. The number of nitrogens with one attached hydrogen (secondary N) is 1. The van der Waals surface area contributed by atoms with Gasteiger partial charge in [0, 0.05) is 33.9 Å². The van der Waals surface area contributed by atoms with Crippen molar-refractivity contribution >= 4 is 23.2 Å². The first-order valence-corrected chi connectivity index (χ1v) is 11.4. The number of nitriles is 1. The molecule has 7 nitrogen and oxygen atoms in total. The summed E-state index contributed by atoms with van der Waals surface area (Å²) >= 11 is 0. The third kappa shape index (κ3) is 4.62. The van der Waals surface area contributed by atoms with Gasteiger partial charge < -0.3 is 14.3 Å². The van der Waals surface area contributed by atoms with Gasteiger partial charge in [0.05, 0.1) is 12.3 Å². The number of hydrogen-bond donors (Lipinski definition) is 1. The zero-order valence-electron chi connectivity index (χ0n) is 20.5. The SMILES string of the molecule is Cc1ccc(-n2c(C)cc(C(=O)[C@@H](C#N)C(=O)c3cccc(NC(=O)c4ccco4)c3)c2C)cc1C. The van der Waals surface area contributed by atoms with Crippen molar-refractivity contribution in [1.29, 1.82) is 5.26 Å². The topological polar surface area (TPSA) is 105 Å². The molecule has 2 aromatic heterocycles. The zero-order valence-corrected chi connectivity index (χ0v) is 20.5. The van der Waals surface area contributed by atoms with Crippen LogP contribution in [0.15, 0.2) is 71.3 Å². The average Bonchev–Trinajstić information content (AvgIpc) is 3.50. The van der Waals surface area contributed by atoms with Gasteiger partial charge in [0.15, 0.2) is 23.2 Å². The van der Waals surface area contributed by atoms with E-state index in [2.05, 4.69) is 5.32 Å². The number of amides is 1. The van der Waals surface area contributed by atoms with Crippen LogP contribution in [0.1, 0.15) is 53.8 Å².